The van der Waals surface area contributed by atoms with Crippen LogP contribution in [0.4, 0.5) is 5.82 Å². The van der Waals surface area contributed by atoms with E-state index in [-0.39, 0.29) is 23.6 Å². The molecule has 0 aromatic carbocycles. The van der Waals surface area contributed by atoms with Crippen LogP contribution in [0.2, 0.25) is 0 Å². The normalized spacial score (nSPS) is 26.3. The first-order valence-corrected chi connectivity index (χ1v) is 16.0. The third kappa shape index (κ3) is 9.05. The number of ether oxygens (including phenoxy) is 1. The van der Waals surface area contributed by atoms with Crippen LogP contribution < -0.4 is 11.1 Å². The Labute approximate surface area is 222 Å². The van der Waals surface area contributed by atoms with Crippen molar-refractivity contribution in [2.75, 3.05) is 32.5 Å². The minimum Gasteiger partial charge on any atom is -0.387 e. The van der Waals surface area contributed by atoms with Gasteiger partial charge in [0.25, 0.3) is 0 Å². The summed E-state index contributed by atoms with van der Waals surface area (Å²) in [6.07, 6.45) is -0.907. The van der Waals surface area contributed by atoms with Crippen LogP contribution in [0.1, 0.15) is 31.9 Å². The van der Waals surface area contributed by atoms with Crippen molar-refractivity contribution < 1.29 is 61.0 Å². The first-order chi connectivity index (χ1) is 18.3. The molecule has 2 aromatic rings. The van der Waals surface area contributed by atoms with E-state index < -0.39 is 54.6 Å². The lowest BCUT2D eigenvalue weighted by Gasteiger charge is -2.20. The Balaban J connectivity index is 1.51. The Kier molecular flexibility index (Phi) is 11.1. The largest absolute Gasteiger partial charge is 0.490 e. The number of anilines is 1. The number of rotatable bonds is 16. The molecule has 4 unspecified atom stereocenters. The highest BCUT2D eigenvalue weighted by Gasteiger charge is 2.47. The maximum absolute atomic E-state index is 12.2. The van der Waals surface area contributed by atoms with Gasteiger partial charge >= 0.3 is 23.5 Å². The van der Waals surface area contributed by atoms with E-state index in [4.69, 9.17) is 10.5 Å². The van der Waals surface area contributed by atoms with Gasteiger partial charge in [0.1, 0.15) is 30.2 Å². The van der Waals surface area contributed by atoms with E-state index in [0.717, 1.165) is 25.7 Å². The van der Waals surface area contributed by atoms with Crippen LogP contribution in [-0.4, -0.2) is 89.5 Å². The summed E-state index contributed by atoms with van der Waals surface area (Å²) in [5.74, 6) is 0.0543. The summed E-state index contributed by atoms with van der Waals surface area (Å²) in [5, 5.41) is 23.7. The molecule has 7 atom stereocenters. The van der Waals surface area contributed by atoms with Gasteiger partial charge in [-0.2, -0.15) is 8.62 Å². The number of aliphatic hydroxyl groups excluding tert-OH is 2. The van der Waals surface area contributed by atoms with Crippen molar-refractivity contribution >= 4 is 40.4 Å². The van der Waals surface area contributed by atoms with Crippen molar-refractivity contribution in [2.24, 2.45) is 0 Å². The second-order valence-electron chi connectivity index (χ2n) is 8.34. The van der Waals surface area contributed by atoms with E-state index in [9.17, 15) is 38.6 Å². The Morgan fingerprint density at radius 2 is 1.64 bits per heavy atom. The number of imidazole rings is 1. The van der Waals surface area contributed by atoms with E-state index >= 15 is 0 Å². The Bertz CT molecular complexity index is 1250. The number of hydrogen-bond donors (Lipinski definition) is 7. The summed E-state index contributed by atoms with van der Waals surface area (Å²) in [6, 6.07) is 0. The number of nitrogens with two attached hydrogens (primary N) is 1. The van der Waals surface area contributed by atoms with Gasteiger partial charge < -0.3 is 40.7 Å². The topological polar surface area (TPSA) is 280 Å². The number of aromatic nitrogens is 4. The minimum absolute atomic E-state index is 0.0543. The molecular formula is C17H31N6O13P3. The number of nitrogens with zero attached hydrogens (tertiary/aromatic N) is 4. The number of nitrogens with one attached hydrogen (secondary N) is 1. The number of unbranched alkanes of at least 4 members (excludes halogenated alkanes) is 3. The van der Waals surface area contributed by atoms with Gasteiger partial charge in [-0.3, -0.25) is 13.6 Å². The molecular weight excluding hydrogens is 589 g/mol. The maximum Gasteiger partial charge on any atom is 0.490 e. The van der Waals surface area contributed by atoms with E-state index in [1.807, 2.05) is 0 Å². The molecule has 222 valence electrons. The van der Waals surface area contributed by atoms with Crippen molar-refractivity contribution in [3.8, 4) is 0 Å². The fourth-order valence-corrected chi connectivity index (χ4v) is 7.13. The summed E-state index contributed by atoms with van der Waals surface area (Å²) in [6.45, 7) is -0.407. The molecule has 2 aromatic heterocycles. The van der Waals surface area contributed by atoms with Crippen molar-refractivity contribution in [1.29, 1.82) is 0 Å². The predicted octanol–water partition coefficient (Wildman–Crippen LogP) is 0.175. The number of phosphoric ester groups is 2. The molecule has 1 aliphatic rings. The van der Waals surface area contributed by atoms with Crippen molar-refractivity contribution in [2.45, 2.75) is 50.2 Å². The van der Waals surface area contributed by atoms with Crippen LogP contribution in [0.25, 0.3) is 11.2 Å². The van der Waals surface area contributed by atoms with Gasteiger partial charge in [-0.05, 0) is 26.4 Å². The van der Waals surface area contributed by atoms with Crippen molar-refractivity contribution in [3.05, 3.63) is 12.7 Å². The monoisotopic (exact) mass is 620 g/mol. The molecule has 0 radical (unpaired) electrons. The van der Waals surface area contributed by atoms with E-state index in [0.29, 0.717) is 12.8 Å². The Morgan fingerprint density at radius 3 is 2.33 bits per heavy atom. The number of hydrogen-bond acceptors (Lipinski definition) is 15. The quantitative estimate of drug-likeness (QED) is 0.0972. The average molecular weight is 620 g/mol. The fraction of sp³-hybridized carbons (Fsp3) is 0.706. The van der Waals surface area contributed by atoms with E-state index in [1.165, 1.54) is 10.9 Å². The fourth-order valence-electron chi connectivity index (χ4n) is 3.58. The van der Waals surface area contributed by atoms with Gasteiger partial charge in [0, 0.05) is 0 Å². The minimum atomic E-state index is -5.65. The third-order valence-electron chi connectivity index (χ3n) is 5.39. The highest BCUT2D eigenvalue weighted by Crippen LogP contribution is 2.67. The number of nitrogen functional groups attached to an aromatic ring is 1. The summed E-state index contributed by atoms with van der Waals surface area (Å²) in [4.78, 5) is 41.0. The molecule has 3 heterocycles. The summed E-state index contributed by atoms with van der Waals surface area (Å²) < 4.78 is 60.2. The molecule has 19 nitrogen and oxygen atoms in total. The van der Waals surface area contributed by atoms with Crippen LogP contribution in [-0.2, 0) is 36.1 Å². The second-order valence-corrected chi connectivity index (χ2v) is 13.0. The maximum atomic E-state index is 12.2. The molecule has 0 aliphatic carbocycles. The lowest BCUT2D eigenvalue weighted by molar-refractivity contribution is -0.0503. The Morgan fingerprint density at radius 1 is 0.974 bits per heavy atom. The average Bonchev–Trinajstić information content (AvgIpc) is 3.37. The van der Waals surface area contributed by atoms with Crippen LogP contribution in [0, 0.1) is 0 Å². The van der Waals surface area contributed by atoms with Crippen LogP contribution >= 0.6 is 23.5 Å². The standard InChI is InChI=1S/C17H31N6O13P3/c1-19-6-4-2-3-5-7-32-37(26,27)35-39(30,31)36-38(28,29)33-8-11-13(24)14(25)17(34-11)23-10-22-12-15(18)20-9-21-16(12)23/h9-11,13-14,17,19,24-25H,2-8H2,1H3,(H,26,27)(H,28,29)(H,30,31)(H2,18,20,21)/t11-,13?,14+,17-/m1/s1. The molecule has 22 heteroatoms. The molecule has 0 spiro atoms. The zero-order chi connectivity index (χ0) is 28.8. The lowest BCUT2D eigenvalue weighted by atomic mass is 10.1. The van der Waals surface area contributed by atoms with Gasteiger partial charge in [0.05, 0.1) is 19.5 Å². The predicted molar refractivity (Wildman–Crippen MR) is 132 cm³/mol. The molecule has 1 aliphatic heterocycles. The highest BCUT2D eigenvalue weighted by molar-refractivity contribution is 7.66. The Hall–Kier alpha value is -1.40. The lowest BCUT2D eigenvalue weighted by Crippen LogP contribution is -2.33. The van der Waals surface area contributed by atoms with Gasteiger partial charge in [-0.1, -0.05) is 12.8 Å². The molecule has 1 fully saturated rings. The summed E-state index contributed by atoms with van der Waals surface area (Å²) >= 11 is 0. The van der Waals surface area contributed by atoms with Gasteiger partial charge in [-0.25, -0.2) is 28.6 Å². The molecule has 39 heavy (non-hydrogen) atoms. The third-order valence-corrected chi connectivity index (χ3v) is 9.67. The molecule has 8 N–H and O–H groups in total. The van der Waals surface area contributed by atoms with Gasteiger partial charge in [0.2, 0.25) is 0 Å². The smallest absolute Gasteiger partial charge is 0.387 e. The van der Waals surface area contributed by atoms with Gasteiger partial charge in [-0.15, -0.1) is 0 Å². The molecule has 0 amide bonds. The first-order valence-electron chi connectivity index (χ1n) is 11.5. The zero-order valence-corrected chi connectivity index (χ0v) is 23.3. The molecule has 0 saturated carbocycles. The van der Waals surface area contributed by atoms with Crippen molar-refractivity contribution in [1.82, 2.24) is 24.8 Å². The highest BCUT2D eigenvalue weighted by atomic mass is 31.3. The molecule has 0 bridgehead atoms. The zero-order valence-electron chi connectivity index (χ0n) is 20.6. The number of fused-ring (bicyclic) bond motifs is 1. The van der Waals surface area contributed by atoms with Crippen LogP contribution in [0.3, 0.4) is 0 Å². The second kappa shape index (κ2) is 13.5. The number of phosphoric acid groups is 3. The summed E-state index contributed by atoms with van der Waals surface area (Å²) in [5.41, 5.74) is 6.09. The SMILES string of the molecule is CNCCCCCCOP(=O)(O)OP(=O)(O)OP(=O)(O)OC[C@H]1O[C@@H](n2cnc3c(N)ncnc32)[C@@H](O)C1O. The van der Waals surface area contributed by atoms with Gasteiger partial charge in [0.15, 0.2) is 17.7 Å². The molecule has 1 saturated heterocycles. The summed E-state index contributed by atoms with van der Waals surface area (Å²) in [7, 11) is -14.4. The molecule has 3 rings (SSSR count). The van der Waals surface area contributed by atoms with E-state index in [1.54, 1.807) is 7.05 Å². The number of aliphatic hydroxyl groups is 2. The first kappa shape index (κ1) is 32.1. The van der Waals surface area contributed by atoms with Crippen LogP contribution in [0.5, 0.6) is 0 Å². The van der Waals surface area contributed by atoms with E-state index in [2.05, 4.69) is 37.9 Å². The van der Waals surface area contributed by atoms with Crippen LogP contribution in [0.15, 0.2) is 12.7 Å². The van der Waals surface area contributed by atoms with Crippen molar-refractivity contribution in [3.63, 3.8) is 0 Å².